The first-order chi connectivity index (χ1) is 14.4. The van der Waals surface area contributed by atoms with E-state index in [1.165, 1.54) is 14.2 Å². The molecule has 1 aromatic heterocycles. The van der Waals surface area contributed by atoms with E-state index >= 15 is 0 Å². The summed E-state index contributed by atoms with van der Waals surface area (Å²) >= 11 is 0. The van der Waals surface area contributed by atoms with Crippen molar-refractivity contribution in [2.75, 3.05) is 31.5 Å². The molecule has 0 atom stereocenters. The highest BCUT2D eigenvalue weighted by molar-refractivity contribution is 5.98. The zero-order chi connectivity index (χ0) is 21.7. The Balaban J connectivity index is 1.98. The van der Waals surface area contributed by atoms with E-state index < -0.39 is 11.7 Å². The lowest BCUT2D eigenvalue weighted by atomic mass is 10.2. The van der Waals surface area contributed by atoms with Crippen molar-refractivity contribution < 1.29 is 18.7 Å². The van der Waals surface area contributed by atoms with Crippen molar-refractivity contribution in [2.45, 2.75) is 6.54 Å². The number of hydrogen-bond acceptors (Lipinski definition) is 6. The molecular formula is C22H23FN4O3. The van der Waals surface area contributed by atoms with E-state index in [9.17, 15) is 9.18 Å². The third kappa shape index (κ3) is 4.78. The summed E-state index contributed by atoms with van der Waals surface area (Å²) in [7, 11) is 4.78. The number of primary amides is 1. The van der Waals surface area contributed by atoms with Crippen molar-refractivity contribution in [3.05, 3.63) is 71.5 Å². The number of nitrogens with zero attached hydrogens (tertiary/aromatic N) is 2. The van der Waals surface area contributed by atoms with E-state index in [-0.39, 0.29) is 17.2 Å². The van der Waals surface area contributed by atoms with Gasteiger partial charge in [0.25, 0.3) is 5.91 Å². The molecule has 8 heteroatoms. The summed E-state index contributed by atoms with van der Waals surface area (Å²) in [5.74, 6) is -0.135. The second-order valence-electron chi connectivity index (χ2n) is 6.62. The topological polar surface area (TPSA) is 89.7 Å². The number of anilines is 3. The maximum absolute atomic E-state index is 14.7. The van der Waals surface area contributed by atoms with Crippen LogP contribution in [0.4, 0.5) is 21.7 Å². The highest BCUT2D eigenvalue weighted by Crippen LogP contribution is 2.30. The Morgan fingerprint density at radius 1 is 1.10 bits per heavy atom. The summed E-state index contributed by atoms with van der Waals surface area (Å²) in [6.07, 6.45) is 0. The number of amides is 1. The van der Waals surface area contributed by atoms with Crippen molar-refractivity contribution >= 4 is 23.2 Å². The number of halogens is 1. The van der Waals surface area contributed by atoms with Crippen LogP contribution in [0.25, 0.3) is 0 Å². The number of carbonyl (C=O) groups excluding carboxylic acids is 1. The van der Waals surface area contributed by atoms with Crippen LogP contribution in [0.2, 0.25) is 0 Å². The molecule has 30 heavy (non-hydrogen) atoms. The maximum atomic E-state index is 14.7. The van der Waals surface area contributed by atoms with Gasteiger partial charge in [0.15, 0.2) is 11.6 Å². The molecule has 0 saturated heterocycles. The largest absolute Gasteiger partial charge is 0.497 e. The summed E-state index contributed by atoms with van der Waals surface area (Å²) < 4.78 is 25.3. The highest BCUT2D eigenvalue weighted by atomic mass is 19.1. The molecule has 0 aliphatic heterocycles. The number of nitrogens with two attached hydrogens (primary N) is 1. The minimum atomic E-state index is -0.795. The molecule has 0 saturated carbocycles. The van der Waals surface area contributed by atoms with Gasteiger partial charge < -0.3 is 25.4 Å². The van der Waals surface area contributed by atoms with Gasteiger partial charge in [-0.2, -0.15) is 0 Å². The number of carbonyl (C=O) groups is 1. The number of ether oxygens (including phenoxy) is 2. The van der Waals surface area contributed by atoms with Gasteiger partial charge in [-0.05, 0) is 11.6 Å². The van der Waals surface area contributed by atoms with Gasteiger partial charge in [-0.3, -0.25) is 4.79 Å². The number of benzene rings is 2. The first-order valence-corrected chi connectivity index (χ1v) is 9.16. The molecule has 0 unspecified atom stereocenters. The van der Waals surface area contributed by atoms with Crippen LogP contribution in [-0.2, 0) is 6.54 Å². The number of nitrogens with one attached hydrogen (secondary N) is 1. The number of methoxy groups -OCH3 is 2. The summed E-state index contributed by atoms with van der Waals surface area (Å²) in [4.78, 5) is 17.9. The van der Waals surface area contributed by atoms with Crippen molar-refractivity contribution in [2.24, 2.45) is 5.73 Å². The lowest BCUT2D eigenvalue weighted by Gasteiger charge is -2.21. The minimum absolute atomic E-state index is 0.0638. The summed E-state index contributed by atoms with van der Waals surface area (Å²) in [5, 5.41) is 3.02. The van der Waals surface area contributed by atoms with Crippen molar-refractivity contribution in [1.82, 2.24) is 4.98 Å². The van der Waals surface area contributed by atoms with E-state index in [0.717, 1.165) is 11.6 Å². The standard InChI is InChI=1S/C22H23FN4O3/c1-27(13-14-7-5-4-6-8-14)22-19(23)12-18(20(24)28)21(26-22)25-15-9-16(29-2)11-17(10-15)30-3/h4-12H,13H2,1-3H3,(H2,24,28)(H,25,26). The summed E-state index contributed by atoms with van der Waals surface area (Å²) in [6, 6.07) is 15.8. The molecule has 0 fully saturated rings. The van der Waals surface area contributed by atoms with Crippen molar-refractivity contribution in [3.8, 4) is 11.5 Å². The zero-order valence-corrected chi connectivity index (χ0v) is 17.0. The normalized spacial score (nSPS) is 10.4. The van der Waals surface area contributed by atoms with Crippen LogP contribution in [-0.4, -0.2) is 32.2 Å². The Kier molecular flexibility index (Phi) is 6.36. The third-order valence-corrected chi connectivity index (χ3v) is 4.46. The molecule has 0 radical (unpaired) electrons. The minimum Gasteiger partial charge on any atom is -0.497 e. The first-order valence-electron chi connectivity index (χ1n) is 9.16. The molecule has 7 nitrogen and oxygen atoms in total. The van der Waals surface area contributed by atoms with E-state index in [1.54, 1.807) is 30.1 Å². The maximum Gasteiger partial charge on any atom is 0.252 e. The monoisotopic (exact) mass is 410 g/mol. The van der Waals surface area contributed by atoms with E-state index in [0.29, 0.717) is 23.7 Å². The van der Waals surface area contributed by atoms with E-state index in [4.69, 9.17) is 15.2 Å². The molecule has 2 aromatic carbocycles. The number of rotatable bonds is 8. The molecule has 156 valence electrons. The summed E-state index contributed by atoms with van der Waals surface area (Å²) in [6.45, 7) is 0.438. The van der Waals surface area contributed by atoms with Crippen LogP contribution < -0.4 is 25.4 Å². The first kappa shape index (κ1) is 20.9. The Morgan fingerprint density at radius 2 is 1.73 bits per heavy atom. The van der Waals surface area contributed by atoms with Gasteiger partial charge in [0.1, 0.15) is 17.3 Å². The molecule has 3 N–H and O–H groups in total. The second-order valence-corrected chi connectivity index (χ2v) is 6.62. The van der Waals surface area contributed by atoms with Crippen LogP contribution in [0.3, 0.4) is 0 Å². The SMILES string of the molecule is COc1cc(Nc2nc(N(C)Cc3ccccc3)c(F)cc2C(N)=O)cc(OC)c1. The average molecular weight is 410 g/mol. The van der Waals surface area contributed by atoms with Crippen molar-refractivity contribution in [3.63, 3.8) is 0 Å². The lowest BCUT2D eigenvalue weighted by molar-refractivity contribution is 0.100. The Bertz CT molecular complexity index is 1020. The highest BCUT2D eigenvalue weighted by Gasteiger charge is 2.19. The average Bonchev–Trinajstić information content (AvgIpc) is 2.74. The molecule has 3 rings (SSSR count). The number of pyridine rings is 1. The predicted molar refractivity (Wildman–Crippen MR) is 114 cm³/mol. The fourth-order valence-electron chi connectivity index (χ4n) is 2.98. The summed E-state index contributed by atoms with van der Waals surface area (Å²) in [5.41, 5.74) is 6.93. The van der Waals surface area contributed by atoms with Gasteiger partial charge in [0, 0.05) is 37.5 Å². The number of hydrogen-bond donors (Lipinski definition) is 2. The fraction of sp³-hybridized carbons (Fsp3) is 0.182. The van der Waals surface area contributed by atoms with Gasteiger partial charge in [-0.15, -0.1) is 0 Å². The lowest BCUT2D eigenvalue weighted by Crippen LogP contribution is -2.22. The molecule has 0 bridgehead atoms. The Labute approximate surface area is 174 Å². The molecule has 0 spiro atoms. The van der Waals surface area contributed by atoms with Gasteiger partial charge in [0.05, 0.1) is 19.8 Å². The van der Waals surface area contributed by atoms with Gasteiger partial charge in [0.2, 0.25) is 0 Å². The van der Waals surface area contributed by atoms with Crippen LogP contribution in [0.5, 0.6) is 11.5 Å². The number of aromatic nitrogens is 1. The third-order valence-electron chi connectivity index (χ3n) is 4.46. The Morgan fingerprint density at radius 3 is 2.30 bits per heavy atom. The smallest absolute Gasteiger partial charge is 0.252 e. The zero-order valence-electron chi connectivity index (χ0n) is 17.0. The Hall–Kier alpha value is -3.81. The van der Waals surface area contributed by atoms with Crippen LogP contribution in [0, 0.1) is 5.82 Å². The molecule has 3 aromatic rings. The molecular weight excluding hydrogens is 387 g/mol. The van der Waals surface area contributed by atoms with Gasteiger partial charge >= 0.3 is 0 Å². The van der Waals surface area contributed by atoms with Crippen LogP contribution in [0.15, 0.2) is 54.6 Å². The molecule has 1 amide bonds. The molecule has 0 aliphatic carbocycles. The van der Waals surface area contributed by atoms with E-state index in [1.807, 2.05) is 30.3 Å². The van der Waals surface area contributed by atoms with Crippen molar-refractivity contribution in [1.29, 1.82) is 0 Å². The molecule has 0 aliphatic rings. The van der Waals surface area contributed by atoms with E-state index in [2.05, 4.69) is 10.3 Å². The van der Waals surface area contributed by atoms with Gasteiger partial charge in [-0.1, -0.05) is 30.3 Å². The quantitative estimate of drug-likeness (QED) is 0.588. The predicted octanol–water partition coefficient (Wildman–Crippen LogP) is 3.72. The second kappa shape index (κ2) is 9.13. The van der Waals surface area contributed by atoms with Crippen LogP contribution in [0.1, 0.15) is 15.9 Å². The van der Waals surface area contributed by atoms with Crippen LogP contribution >= 0.6 is 0 Å². The van der Waals surface area contributed by atoms with Gasteiger partial charge in [-0.25, -0.2) is 9.37 Å². The molecule has 1 heterocycles. The fourth-order valence-corrected chi connectivity index (χ4v) is 2.98.